The number of rotatable bonds is 1. The van der Waals surface area contributed by atoms with Crippen LogP contribution >= 0.6 is 23.6 Å². The number of anilines is 1. The van der Waals surface area contributed by atoms with Gasteiger partial charge in [-0.05, 0) is 19.1 Å². The summed E-state index contributed by atoms with van der Waals surface area (Å²) in [5.41, 5.74) is 0. The summed E-state index contributed by atoms with van der Waals surface area (Å²) in [6.07, 6.45) is 1.11. The molecule has 0 aliphatic heterocycles. The van der Waals surface area contributed by atoms with Crippen molar-refractivity contribution in [2.75, 3.05) is 12.4 Å². The third-order valence-electron chi connectivity index (χ3n) is 1.24. The van der Waals surface area contributed by atoms with Gasteiger partial charge < -0.3 is 10.1 Å². The van der Waals surface area contributed by atoms with Crippen LogP contribution in [0.2, 0.25) is 0 Å². The minimum atomic E-state index is -0.601. The lowest BCUT2D eigenvalue weighted by atomic mass is 10.7. The first-order chi connectivity index (χ1) is 6.61. The highest BCUT2D eigenvalue weighted by molar-refractivity contribution is 7.80. The van der Waals surface area contributed by atoms with Crippen LogP contribution in [0.4, 0.5) is 9.93 Å². The Balaban J connectivity index is 2.45. The number of nitrogens with one attached hydrogen (secondary N) is 2. The minimum absolute atomic E-state index is 0.172. The Morgan fingerprint density at radius 3 is 2.93 bits per heavy atom. The van der Waals surface area contributed by atoms with Gasteiger partial charge in [-0.25, -0.2) is 9.78 Å². The van der Waals surface area contributed by atoms with Crippen molar-refractivity contribution >= 4 is 39.9 Å². The molecule has 5 nitrogen and oxygen atoms in total. The van der Waals surface area contributed by atoms with Gasteiger partial charge in [0.15, 0.2) is 10.2 Å². The molecular formula is C7H9N3O2S2. The molecular weight excluding hydrogens is 222 g/mol. The fourth-order valence-electron chi connectivity index (χ4n) is 0.685. The normalized spacial score (nSPS) is 9.29. The molecule has 0 aromatic carbocycles. The molecule has 0 aliphatic rings. The largest absolute Gasteiger partial charge is 0.453 e. The second-order valence-electron chi connectivity index (χ2n) is 2.35. The van der Waals surface area contributed by atoms with Crippen molar-refractivity contribution in [2.45, 2.75) is 6.92 Å². The highest BCUT2D eigenvalue weighted by atomic mass is 32.1. The summed E-state index contributed by atoms with van der Waals surface area (Å²) in [5, 5.41) is 5.88. The molecule has 1 amide bonds. The molecule has 0 saturated carbocycles. The van der Waals surface area contributed by atoms with Gasteiger partial charge in [0, 0.05) is 11.1 Å². The van der Waals surface area contributed by atoms with Crippen molar-refractivity contribution in [3.63, 3.8) is 0 Å². The maximum atomic E-state index is 10.7. The van der Waals surface area contributed by atoms with Gasteiger partial charge in [0.25, 0.3) is 0 Å². The van der Waals surface area contributed by atoms with Crippen LogP contribution in [0, 0.1) is 6.92 Å². The number of amides is 1. The van der Waals surface area contributed by atoms with E-state index in [0.29, 0.717) is 5.13 Å². The van der Waals surface area contributed by atoms with Crippen LogP contribution in [0.15, 0.2) is 6.20 Å². The van der Waals surface area contributed by atoms with Crippen molar-refractivity contribution in [3.8, 4) is 0 Å². The highest BCUT2D eigenvalue weighted by Gasteiger charge is 2.05. The number of carbonyl (C=O) groups excluding carboxylic acids is 1. The molecule has 0 fully saturated rings. The molecule has 7 heteroatoms. The van der Waals surface area contributed by atoms with Crippen LogP contribution in [-0.2, 0) is 4.74 Å². The van der Waals surface area contributed by atoms with Gasteiger partial charge in [0.1, 0.15) is 0 Å². The van der Waals surface area contributed by atoms with E-state index in [1.807, 2.05) is 6.92 Å². The Hall–Kier alpha value is -1.21. The zero-order valence-electron chi connectivity index (χ0n) is 7.66. The zero-order valence-corrected chi connectivity index (χ0v) is 9.29. The van der Waals surface area contributed by atoms with Crippen molar-refractivity contribution < 1.29 is 9.53 Å². The monoisotopic (exact) mass is 231 g/mol. The number of ether oxygens (including phenoxy) is 1. The van der Waals surface area contributed by atoms with Gasteiger partial charge in [-0.15, -0.1) is 11.3 Å². The van der Waals surface area contributed by atoms with Crippen molar-refractivity contribution in [1.82, 2.24) is 10.3 Å². The SMILES string of the molecule is COC(=O)NC(=S)Nc1ncc(C)s1. The molecule has 0 aliphatic carbocycles. The lowest BCUT2D eigenvalue weighted by Gasteiger charge is -2.04. The predicted molar refractivity (Wildman–Crippen MR) is 58.6 cm³/mol. The first-order valence-corrected chi connectivity index (χ1v) is 4.92. The summed E-state index contributed by atoms with van der Waals surface area (Å²) < 4.78 is 4.37. The lowest BCUT2D eigenvalue weighted by molar-refractivity contribution is 0.177. The molecule has 0 bridgehead atoms. The number of nitrogens with zero attached hydrogens (tertiary/aromatic N) is 1. The molecule has 1 heterocycles. The predicted octanol–water partition coefficient (Wildman–Crippen LogP) is 1.50. The Bertz CT molecular complexity index is 350. The van der Waals surface area contributed by atoms with E-state index in [2.05, 4.69) is 20.4 Å². The maximum Gasteiger partial charge on any atom is 0.413 e. The quantitative estimate of drug-likeness (QED) is 0.717. The van der Waals surface area contributed by atoms with Crippen LogP contribution in [0.3, 0.4) is 0 Å². The van der Waals surface area contributed by atoms with Gasteiger partial charge in [0.05, 0.1) is 7.11 Å². The highest BCUT2D eigenvalue weighted by Crippen LogP contribution is 2.15. The lowest BCUT2D eigenvalue weighted by Crippen LogP contribution is -2.33. The number of hydrogen-bond acceptors (Lipinski definition) is 5. The van der Waals surface area contributed by atoms with Crippen molar-refractivity contribution in [1.29, 1.82) is 0 Å². The molecule has 1 aromatic heterocycles. The summed E-state index contributed by atoms with van der Waals surface area (Å²) in [4.78, 5) is 15.8. The van der Waals surface area contributed by atoms with Crippen LogP contribution < -0.4 is 10.6 Å². The van der Waals surface area contributed by atoms with E-state index in [1.54, 1.807) is 6.20 Å². The van der Waals surface area contributed by atoms with Gasteiger partial charge in [0.2, 0.25) is 0 Å². The number of carbonyl (C=O) groups is 1. The number of aromatic nitrogens is 1. The first kappa shape index (κ1) is 10.9. The summed E-state index contributed by atoms with van der Waals surface area (Å²) in [7, 11) is 1.27. The van der Waals surface area contributed by atoms with Crippen LogP contribution in [0.5, 0.6) is 0 Å². The minimum Gasteiger partial charge on any atom is -0.453 e. The Labute approximate surface area is 90.5 Å². The third kappa shape index (κ3) is 3.27. The van der Waals surface area contributed by atoms with Crippen molar-refractivity contribution in [3.05, 3.63) is 11.1 Å². The number of alkyl carbamates (subject to hydrolysis) is 1. The zero-order chi connectivity index (χ0) is 10.6. The molecule has 1 aromatic rings. The summed E-state index contributed by atoms with van der Waals surface area (Å²) in [6, 6.07) is 0. The molecule has 2 N–H and O–H groups in total. The second kappa shape index (κ2) is 4.87. The average Bonchev–Trinajstić information content (AvgIpc) is 2.50. The van der Waals surface area contributed by atoms with Crippen LogP contribution in [-0.4, -0.2) is 23.3 Å². The molecule has 1 rings (SSSR count). The van der Waals surface area contributed by atoms with E-state index in [-0.39, 0.29) is 5.11 Å². The molecule has 0 unspecified atom stereocenters. The molecule has 0 saturated heterocycles. The molecule has 0 atom stereocenters. The average molecular weight is 231 g/mol. The fourth-order valence-corrected chi connectivity index (χ4v) is 1.60. The van der Waals surface area contributed by atoms with Crippen LogP contribution in [0.25, 0.3) is 0 Å². The number of thiocarbonyl (C=S) groups is 1. The van der Waals surface area contributed by atoms with E-state index in [9.17, 15) is 4.79 Å². The maximum absolute atomic E-state index is 10.7. The van der Waals surface area contributed by atoms with Gasteiger partial charge in [-0.3, -0.25) is 5.32 Å². The molecule has 14 heavy (non-hydrogen) atoms. The molecule has 76 valence electrons. The second-order valence-corrected chi connectivity index (χ2v) is 3.99. The Morgan fingerprint density at radius 2 is 2.43 bits per heavy atom. The standard InChI is InChI=1S/C7H9N3O2S2/c1-4-3-8-6(14-4)9-5(13)10-7(11)12-2/h3H,1-2H3,(H2,8,9,10,11,13). The first-order valence-electron chi connectivity index (χ1n) is 3.70. The van der Waals surface area contributed by atoms with Crippen molar-refractivity contribution in [2.24, 2.45) is 0 Å². The van der Waals surface area contributed by atoms with E-state index in [0.717, 1.165) is 4.88 Å². The topological polar surface area (TPSA) is 63.2 Å². The smallest absolute Gasteiger partial charge is 0.413 e. The van der Waals surface area contributed by atoms with Gasteiger partial charge in [-0.2, -0.15) is 0 Å². The number of thiazole rings is 1. The Kier molecular flexibility index (Phi) is 3.78. The number of aryl methyl sites for hydroxylation is 1. The van der Waals surface area contributed by atoms with E-state index in [4.69, 9.17) is 12.2 Å². The summed E-state index contributed by atoms with van der Waals surface area (Å²) in [5.74, 6) is 0. The number of methoxy groups -OCH3 is 1. The van der Waals surface area contributed by atoms with Gasteiger partial charge in [-0.1, -0.05) is 0 Å². The third-order valence-corrected chi connectivity index (χ3v) is 2.28. The van der Waals surface area contributed by atoms with E-state index in [1.165, 1.54) is 18.4 Å². The molecule has 0 spiro atoms. The number of hydrogen-bond donors (Lipinski definition) is 2. The Morgan fingerprint density at radius 1 is 1.71 bits per heavy atom. The molecule has 0 radical (unpaired) electrons. The van der Waals surface area contributed by atoms with Gasteiger partial charge >= 0.3 is 6.09 Å². The summed E-state index contributed by atoms with van der Waals surface area (Å²) >= 11 is 6.28. The van der Waals surface area contributed by atoms with E-state index < -0.39 is 6.09 Å². The summed E-state index contributed by atoms with van der Waals surface area (Å²) in [6.45, 7) is 1.93. The van der Waals surface area contributed by atoms with Crippen LogP contribution in [0.1, 0.15) is 4.88 Å². The fraction of sp³-hybridized carbons (Fsp3) is 0.286. The van der Waals surface area contributed by atoms with E-state index >= 15 is 0 Å².